The monoisotopic (exact) mass is 322 g/mol. The number of aromatic nitrogens is 2. The van der Waals surface area contributed by atoms with Gasteiger partial charge in [-0.2, -0.15) is 0 Å². The molecule has 1 aromatic carbocycles. The van der Waals surface area contributed by atoms with Crippen molar-refractivity contribution in [2.75, 3.05) is 0 Å². The predicted octanol–water partition coefficient (Wildman–Crippen LogP) is 3.92. The highest BCUT2D eigenvalue weighted by molar-refractivity contribution is 6.30. The molecular weight excluding hydrogens is 308 g/mol. The molecule has 0 bridgehead atoms. The van der Waals surface area contributed by atoms with E-state index in [1.165, 1.54) is 0 Å². The number of hydrogen-bond acceptors (Lipinski definition) is 2. The van der Waals surface area contributed by atoms with E-state index in [1.54, 1.807) is 6.20 Å². The molecule has 2 aromatic heterocycles. The van der Waals surface area contributed by atoms with Crippen LogP contribution in [0.3, 0.4) is 0 Å². The van der Waals surface area contributed by atoms with Gasteiger partial charge in [-0.3, -0.25) is 9.36 Å². The van der Waals surface area contributed by atoms with Crippen molar-refractivity contribution in [3.8, 4) is 5.69 Å². The Labute approximate surface area is 133 Å². The highest BCUT2D eigenvalue weighted by atomic mass is 35.5. The van der Waals surface area contributed by atoms with Crippen LogP contribution in [0.2, 0.25) is 5.02 Å². The Morgan fingerprint density at radius 3 is 3.00 bits per heavy atom. The smallest absolute Gasteiger partial charge is 0.194 e. The molecule has 0 saturated carbocycles. The Hall–Kier alpha value is -2.13. The topological polar surface area (TPSA) is 34.9 Å². The third-order valence-electron chi connectivity index (χ3n) is 4.29. The molecule has 4 heteroatoms. The summed E-state index contributed by atoms with van der Waals surface area (Å²) in [4.78, 5) is 17.2. The maximum absolute atomic E-state index is 12.7. The van der Waals surface area contributed by atoms with E-state index in [0.717, 1.165) is 48.3 Å². The SMILES string of the molecule is O=c1c2c(n(-[14c]3[14cH][14cH][14cH][14c](Cl)[14cH]3)c3ncccc13)CCCC2. The Morgan fingerprint density at radius 2 is 2.14 bits per heavy atom. The van der Waals surface area contributed by atoms with Crippen LogP contribution in [0.5, 0.6) is 0 Å². The zero-order chi connectivity index (χ0) is 15.1. The van der Waals surface area contributed by atoms with Gasteiger partial charge in [-0.1, -0.05) is 17.7 Å². The molecule has 110 valence electrons. The fourth-order valence-electron chi connectivity index (χ4n) is 3.32. The first-order valence-electron chi connectivity index (χ1n) is 7.53. The molecule has 0 atom stereocenters. The van der Waals surface area contributed by atoms with Crippen LogP contribution >= 0.6 is 11.6 Å². The number of rotatable bonds is 1. The summed E-state index contributed by atoms with van der Waals surface area (Å²) in [5.74, 6) is 0. The zero-order valence-corrected chi connectivity index (χ0v) is 12.8. The molecule has 0 amide bonds. The number of fused-ring (bicyclic) bond motifs is 2. The number of halogens is 1. The van der Waals surface area contributed by atoms with Gasteiger partial charge in [0.2, 0.25) is 0 Å². The Morgan fingerprint density at radius 1 is 1.27 bits per heavy atom. The molecule has 4 rings (SSSR count). The van der Waals surface area contributed by atoms with Crippen molar-refractivity contribution in [1.82, 2.24) is 9.55 Å². The molecule has 3 nitrogen and oxygen atoms in total. The summed E-state index contributed by atoms with van der Waals surface area (Å²) in [6, 6.07) is 11.4. The van der Waals surface area contributed by atoms with E-state index < -0.39 is 0 Å². The average Bonchev–Trinajstić information content (AvgIpc) is 2.55. The summed E-state index contributed by atoms with van der Waals surface area (Å²) >= 11 is 6.16. The van der Waals surface area contributed by atoms with Gasteiger partial charge in [-0.15, -0.1) is 0 Å². The van der Waals surface area contributed by atoms with Crippen molar-refractivity contribution < 1.29 is 0 Å². The summed E-state index contributed by atoms with van der Waals surface area (Å²) in [6.07, 6.45) is 5.66. The zero-order valence-electron chi connectivity index (χ0n) is 12.1. The van der Waals surface area contributed by atoms with Gasteiger partial charge in [-0.05, 0) is 56.0 Å². The van der Waals surface area contributed by atoms with Gasteiger partial charge in [0.15, 0.2) is 5.43 Å². The average molecular weight is 323 g/mol. The van der Waals surface area contributed by atoms with E-state index in [9.17, 15) is 4.79 Å². The molecule has 1 aliphatic carbocycles. The molecule has 0 aliphatic heterocycles. The van der Waals surface area contributed by atoms with E-state index in [0.29, 0.717) is 10.4 Å². The minimum atomic E-state index is 0.135. The lowest BCUT2D eigenvalue weighted by Gasteiger charge is -2.23. The Kier molecular flexibility index (Phi) is 3.23. The van der Waals surface area contributed by atoms with Gasteiger partial charge in [0.25, 0.3) is 0 Å². The normalized spacial score (nSPS) is 14.0. The molecule has 2 heterocycles. The first-order valence-corrected chi connectivity index (χ1v) is 7.91. The molecule has 0 saturated heterocycles. The van der Waals surface area contributed by atoms with Gasteiger partial charge < -0.3 is 0 Å². The fourth-order valence-corrected chi connectivity index (χ4v) is 3.50. The van der Waals surface area contributed by atoms with Crippen molar-refractivity contribution in [3.63, 3.8) is 0 Å². The lowest BCUT2D eigenvalue weighted by atomic mass is 9.94. The molecule has 22 heavy (non-hydrogen) atoms. The second-order valence-corrected chi connectivity index (χ2v) is 6.09. The summed E-state index contributed by atoms with van der Waals surface area (Å²) in [5, 5.41) is 1.37. The van der Waals surface area contributed by atoms with E-state index in [2.05, 4.69) is 9.55 Å². The third-order valence-corrected chi connectivity index (χ3v) is 4.53. The number of hydrogen-bond donors (Lipinski definition) is 0. The maximum atomic E-state index is 12.7. The quantitative estimate of drug-likeness (QED) is 0.680. The Bertz CT molecular complexity index is 930. The minimum absolute atomic E-state index is 0.135. The van der Waals surface area contributed by atoms with Gasteiger partial charge in [0, 0.05) is 28.2 Å². The fraction of sp³-hybridized carbons (Fsp3) is 0.222. The molecule has 0 fully saturated rings. The summed E-state index contributed by atoms with van der Waals surface area (Å²) in [6.45, 7) is 0. The summed E-state index contributed by atoms with van der Waals surface area (Å²) in [7, 11) is 0. The molecule has 1 aliphatic rings. The van der Waals surface area contributed by atoms with Crippen LogP contribution in [-0.4, -0.2) is 9.55 Å². The van der Waals surface area contributed by atoms with E-state index in [4.69, 9.17) is 11.6 Å². The third kappa shape index (κ3) is 2.04. The van der Waals surface area contributed by atoms with Gasteiger partial charge in [-0.25, -0.2) is 4.98 Å². The van der Waals surface area contributed by atoms with Crippen molar-refractivity contribution in [3.05, 3.63) is 69.1 Å². The van der Waals surface area contributed by atoms with E-state index in [1.807, 2.05) is 36.4 Å². The van der Waals surface area contributed by atoms with Crippen LogP contribution in [0, 0.1) is 0 Å². The molecule has 0 radical (unpaired) electrons. The molecule has 0 N–H and O–H groups in total. The lowest BCUT2D eigenvalue weighted by molar-refractivity contribution is 0.651. The van der Waals surface area contributed by atoms with E-state index >= 15 is 0 Å². The minimum Gasteiger partial charge on any atom is -0.298 e. The van der Waals surface area contributed by atoms with Gasteiger partial charge >= 0.3 is 0 Å². The summed E-state index contributed by atoms with van der Waals surface area (Å²) < 4.78 is 2.11. The van der Waals surface area contributed by atoms with Crippen LogP contribution in [0.25, 0.3) is 16.7 Å². The van der Waals surface area contributed by atoms with Crippen LogP contribution in [0.1, 0.15) is 24.1 Å². The lowest BCUT2D eigenvalue weighted by Crippen LogP contribution is -2.23. The van der Waals surface area contributed by atoms with Crippen LogP contribution < -0.4 is 5.43 Å². The maximum Gasteiger partial charge on any atom is 0.194 e. The van der Waals surface area contributed by atoms with Gasteiger partial charge in [0.05, 0.1) is 5.39 Å². The Balaban J connectivity index is 2.16. The summed E-state index contributed by atoms with van der Waals surface area (Å²) in [5.41, 5.74) is 3.84. The number of pyridine rings is 2. The number of nitrogens with zero attached hydrogens (tertiary/aromatic N) is 2. The van der Waals surface area contributed by atoms with Gasteiger partial charge in [0.1, 0.15) is 5.65 Å². The largest absolute Gasteiger partial charge is 0.298 e. The molecule has 0 spiro atoms. The molecular formula is C18H15ClN2O. The highest BCUT2D eigenvalue weighted by Crippen LogP contribution is 2.27. The van der Waals surface area contributed by atoms with E-state index in [-0.39, 0.29) is 5.43 Å². The van der Waals surface area contributed by atoms with Crippen LogP contribution in [0.4, 0.5) is 0 Å². The van der Waals surface area contributed by atoms with Crippen molar-refractivity contribution in [2.24, 2.45) is 0 Å². The first-order chi connectivity index (χ1) is 10.8. The predicted molar refractivity (Wildman–Crippen MR) is 89.0 cm³/mol. The first kappa shape index (κ1) is 13.5. The van der Waals surface area contributed by atoms with Crippen molar-refractivity contribution in [1.29, 1.82) is 0 Å². The number of benzene rings is 1. The second kappa shape index (κ2) is 5.25. The second-order valence-electron chi connectivity index (χ2n) is 5.65. The van der Waals surface area contributed by atoms with Crippen LogP contribution in [-0.2, 0) is 12.8 Å². The van der Waals surface area contributed by atoms with Crippen molar-refractivity contribution >= 4 is 22.6 Å². The van der Waals surface area contributed by atoms with Crippen LogP contribution in [0.15, 0.2) is 47.4 Å². The molecule has 0 unspecified atom stereocenters. The standard InChI is InChI=1S/C18H15ClN2O/c19-12-5-3-6-13(11-12)21-16-9-2-1-7-14(16)17(22)15-8-4-10-20-18(15)21/h3-6,8,10-11H,1-2,7,9H2/i3+2,5+2,6+2,11+2,12+2,13+2. The highest BCUT2D eigenvalue weighted by Gasteiger charge is 2.21. The molecule has 3 aromatic rings. The van der Waals surface area contributed by atoms with Crippen molar-refractivity contribution in [2.45, 2.75) is 25.7 Å².